The number of nitrogens with one attached hydrogen (secondary N) is 1. The number of rotatable bonds is 5. The van der Waals surface area contributed by atoms with Crippen molar-refractivity contribution in [2.75, 3.05) is 12.4 Å². The Balaban J connectivity index is 0.000000612. The second-order valence-corrected chi connectivity index (χ2v) is 5.30. The Hall–Kier alpha value is -3.83. The van der Waals surface area contributed by atoms with Crippen molar-refractivity contribution in [2.24, 2.45) is 0 Å². The molecule has 0 aliphatic carbocycles. The molecule has 0 amide bonds. The number of alkyl halides is 3. The van der Waals surface area contributed by atoms with Gasteiger partial charge in [-0.15, -0.1) is 0 Å². The van der Waals surface area contributed by atoms with Crippen molar-refractivity contribution in [3.63, 3.8) is 0 Å². The van der Waals surface area contributed by atoms with Gasteiger partial charge in [-0.3, -0.25) is 10.1 Å². The van der Waals surface area contributed by atoms with Crippen molar-refractivity contribution in [3.05, 3.63) is 63.7 Å². The molecule has 0 unspecified atom stereocenters. The first kappa shape index (κ1) is 23.2. The van der Waals surface area contributed by atoms with E-state index in [1.54, 1.807) is 0 Å². The van der Waals surface area contributed by atoms with Gasteiger partial charge < -0.3 is 20.3 Å². The van der Waals surface area contributed by atoms with Crippen LogP contribution in [0.3, 0.4) is 0 Å². The second kappa shape index (κ2) is 9.92. The van der Waals surface area contributed by atoms with E-state index in [0.29, 0.717) is 17.0 Å². The van der Waals surface area contributed by atoms with Crippen molar-refractivity contribution in [1.29, 1.82) is 0 Å². The van der Waals surface area contributed by atoms with Crippen LogP contribution < -0.4 is 10.1 Å². The predicted octanol–water partition coefficient (Wildman–Crippen LogP) is 3.39. The third-order valence-electron chi connectivity index (χ3n) is 3.34. The van der Waals surface area contributed by atoms with Crippen molar-refractivity contribution in [2.45, 2.75) is 12.7 Å². The molecule has 0 atom stereocenters. The monoisotopic (exact) mass is 416 g/mol. The average molecular weight is 416 g/mol. The lowest BCUT2D eigenvalue weighted by Gasteiger charge is -2.12. The molecule has 0 aliphatic rings. The van der Waals surface area contributed by atoms with Gasteiger partial charge in [0.1, 0.15) is 5.75 Å². The number of carbonyl (C=O) groups is 2. The molecule has 2 rings (SSSR count). The number of benzene rings is 2. The van der Waals surface area contributed by atoms with Crippen LogP contribution in [-0.2, 0) is 22.3 Å². The number of carboxylic acids is 2. The summed E-state index contributed by atoms with van der Waals surface area (Å²) < 4.78 is 42.6. The molecule has 0 radical (unpaired) electrons. The first-order valence-electron chi connectivity index (χ1n) is 7.64. The number of nitrogens with zero attached hydrogens (tertiary/aromatic N) is 1. The van der Waals surface area contributed by atoms with Crippen LogP contribution in [-0.4, -0.2) is 34.2 Å². The minimum atomic E-state index is -4.38. The Morgan fingerprint density at radius 3 is 2.07 bits per heavy atom. The topological polar surface area (TPSA) is 139 Å². The summed E-state index contributed by atoms with van der Waals surface area (Å²) in [5.74, 6) is -3.24. The largest absolute Gasteiger partial charge is 0.495 e. The van der Waals surface area contributed by atoms with Gasteiger partial charge in [-0.1, -0.05) is 12.1 Å². The SMILES string of the molecule is COc1ccc([N+](=O)[O-])cc1NCc1ccc(C(F)(F)F)cc1.O=C(O)C(=O)O. The highest BCUT2D eigenvalue weighted by atomic mass is 19.4. The normalized spacial score (nSPS) is 10.3. The fraction of sp³-hybridized carbons (Fsp3) is 0.176. The molecule has 12 heteroatoms. The van der Waals surface area contributed by atoms with Crippen LogP contribution in [0, 0.1) is 10.1 Å². The molecule has 29 heavy (non-hydrogen) atoms. The van der Waals surface area contributed by atoms with E-state index in [1.807, 2.05) is 0 Å². The van der Waals surface area contributed by atoms with Crippen LogP contribution in [0.15, 0.2) is 42.5 Å². The van der Waals surface area contributed by atoms with E-state index in [2.05, 4.69) is 5.32 Å². The zero-order chi connectivity index (χ0) is 22.2. The number of anilines is 1. The molecule has 9 nitrogen and oxygen atoms in total. The zero-order valence-electron chi connectivity index (χ0n) is 14.8. The van der Waals surface area contributed by atoms with Gasteiger partial charge in [0.2, 0.25) is 0 Å². The minimum absolute atomic E-state index is 0.110. The lowest BCUT2D eigenvalue weighted by atomic mass is 10.1. The molecule has 0 fully saturated rings. The fourth-order valence-corrected chi connectivity index (χ4v) is 1.96. The molecule has 0 bridgehead atoms. The van der Waals surface area contributed by atoms with Gasteiger partial charge in [0.05, 0.1) is 23.3 Å². The highest BCUT2D eigenvalue weighted by Gasteiger charge is 2.29. The maximum atomic E-state index is 12.5. The molecular weight excluding hydrogens is 401 g/mol. The number of nitro groups is 1. The molecule has 3 N–H and O–H groups in total. The summed E-state index contributed by atoms with van der Waals surface area (Å²) in [5, 5.41) is 28.5. The van der Waals surface area contributed by atoms with Crippen LogP contribution in [0.5, 0.6) is 5.75 Å². The second-order valence-electron chi connectivity index (χ2n) is 5.30. The summed E-state index contributed by atoms with van der Waals surface area (Å²) in [4.78, 5) is 28.4. The molecular formula is C17H15F3N2O7. The summed E-state index contributed by atoms with van der Waals surface area (Å²) in [7, 11) is 1.42. The Labute approximate surface area is 161 Å². The van der Waals surface area contributed by atoms with Crippen molar-refractivity contribution < 1.29 is 42.6 Å². The van der Waals surface area contributed by atoms with E-state index in [-0.39, 0.29) is 12.2 Å². The number of hydrogen-bond acceptors (Lipinski definition) is 6. The zero-order valence-corrected chi connectivity index (χ0v) is 14.8. The molecule has 0 heterocycles. The molecule has 0 saturated carbocycles. The highest BCUT2D eigenvalue weighted by molar-refractivity contribution is 6.27. The molecule has 156 valence electrons. The molecule has 0 spiro atoms. The predicted molar refractivity (Wildman–Crippen MR) is 93.7 cm³/mol. The Morgan fingerprint density at radius 1 is 1.10 bits per heavy atom. The number of carboxylic acid groups (broad SMARTS) is 2. The van der Waals surface area contributed by atoms with Crippen LogP contribution in [0.2, 0.25) is 0 Å². The minimum Gasteiger partial charge on any atom is -0.495 e. The summed E-state index contributed by atoms with van der Waals surface area (Å²) in [5.41, 5.74) is 0.156. The highest BCUT2D eigenvalue weighted by Crippen LogP contribution is 2.31. The van der Waals surface area contributed by atoms with E-state index in [4.69, 9.17) is 24.5 Å². The number of aliphatic carboxylic acids is 2. The molecule has 0 aliphatic heterocycles. The van der Waals surface area contributed by atoms with E-state index in [9.17, 15) is 23.3 Å². The van der Waals surface area contributed by atoms with Crippen molar-refractivity contribution in [1.82, 2.24) is 0 Å². The van der Waals surface area contributed by atoms with Crippen LogP contribution in [0.25, 0.3) is 0 Å². The third kappa shape index (κ3) is 7.36. The van der Waals surface area contributed by atoms with E-state index < -0.39 is 28.6 Å². The van der Waals surface area contributed by atoms with Gasteiger partial charge in [0.15, 0.2) is 0 Å². The van der Waals surface area contributed by atoms with E-state index >= 15 is 0 Å². The van der Waals surface area contributed by atoms with Crippen molar-refractivity contribution >= 4 is 23.3 Å². The van der Waals surface area contributed by atoms with Gasteiger partial charge in [-0.25, -0.2) is 9.59 Å². The Morgan fingerprint density at radius 2 is 1.66 bits per heavy atom. The standard InChI is InChI=1S/C15H13F3N2O3.C2H2O4/c1-23-14-7-6-12(20(21)22)8-13(14)19-9-10-2-4-11(5-3-10)15(16,17)18;3-1(4)2(5)6/h2-8,19H,9H2,1H3;(H,3,4)(H,5,6). The van der Waals surface area contributed by atoms with Gasteiger partial charge in [0, 0.05) is 18.7 Å². The van der Waals surface area contributed by atoms with Crippen LogP contribution >= 0.6 is 0 Å². The lowest BCUT2D eigenvalue weighted by molar-refractivity contribution is -0.384. The average Bonchev–Trinajstić information content (AvgIpc) is 2.66. The Kier molecular flexibility index (Phi) is 7.94. The Bertz CT molecular complexity index is 872. The molecule has 0 aromatic heterocycles. The number of methoxy groups -OCH3 is 1. The van der Waals surface area contributed by atoms with Crippen LogP contribution in [0.4, 0.5) is 24.5 Å². The first-order chi connectivity index (χ1) is 13.5. The molecule has 2 aromatic rings. The number of non-ortho nitro benzene ring substituents is 1. The van der Waals surface area contributed by atoms with Gasteiger partial charge >= 0.3 is 18.1 Å². The maximum Gasteiger partial charge on any atom is 0.416 e. The lowest BCUT2D eigenvalue weighted by Crippen LogP contribution is -2.09. The van der Waals surface area contributed by atoms with Gasteiger partial charge in [-0.2, -0.15) is 13.2 Å². The van der Waals surface area contributed by atoms with Crippen molar-refractivity contribution in [3.8, 4) is 5.75 Å². The van der Waals surface area contributed by atoms with E-state index in [0.717, 1.165) is 12.1 Å². The first-order valence-corrected chi connectivity index (χ1v) is 7.64. The van der Waals surface area contributed by atoms with Gasteiger partial charge in [-0.05, 0) is 23.8 Å². The molecule has 2 aromatic carbocycles. The number of nitro benzene ring substituents is 1. The number of hydrogen-bond donors (Lipinski definition) is 3. The number of ether oxygens (including phenoxy) is 1. The van der Waals surface area contributed by atoms with Gasteiger partial charge in [0.25, 0.3) is 5.69 Å². The summed E-state index contributed by atoms with van der Waals surface area (Å²) >= 11 is 0. The molecule has 0 saturated heterocycles. The summed E-state index contributed by atoms with van der Waals surface area (Å²) in [6, 6.07) is 8.74. The third-order valence-corrected chi connectivity index (χ3v) is 3.34. The van der Waals surface area contributed by atoms with E-state index in [1.165, 1.54) is 37.4 Å². The smallest absolute Gasteiger partial charge is 0.416 e. The summed E-state index contributed by atoms with van der Waals surface area (Å²) in [6.45, 7) is 0.204. The summed E-state index contributed by atoms with van der Waals surface area (Å²) in [6.07, 6.45) is -4.38. The number of halogens is 3. The van der Waals surface area contributed by atoms with Crippen LogP contribution in [0.1, 0.15) is 11.1 Å². The maximum absolute atomic E-state index is 12.5. The fourth-order valence-electron chi connectivity index (χ4n) is 1.96. The quantitative estimate of drug-likeness (QED) is 0.383.